The van der Waals surface area contributed by atoms with E-state index in [1.807, 2.05) is 13.8 Å². The monoisotopic (exact) mass is 280 g/mol. The van der Waals surface area contributed by atoms with Crippen molar-refractivity contribution in [2.45, 2.75) is 32.0 Å². The largest absolute Gasteiger partial charge is 0.486 e. The molecule has 2 nitrogen and oxygen atoms in total. The number of aliphatic hydroxyl groups is 1. The molecule has 0 aliphatic carbocycles. The summed E-state index contributed by atoms with van der Waals surface area (Å²) in [5.41, 5.74) is 0.0197. The van der Waals surface area contributed by atoms with Gasteiger partial charge in [-0.2, -0.15) is 0 Å². The molecule has 1 heterocycles. The number of hydrogen-bond acceptors (Lipinski definition) is 2. The fourth-order valence-corrected chi connectivity index (χ4v) is 2.67. The van der Waals surface area contributed by atoms with Crippen LogP contribution in [-0.4, -0.2) is 10.7 Å². The van der Waals surface area contributed by atoms with Crippen LogP contribution in [0.2, 0.25) is 15.1 Å². The molecule has 1 aromatic rings. The van der Waals surface area contributed by atoms with Crippen molar-refractivity contribution < 1.29 is 9.84 Å². The summed E-state index contributed by atoms with van der Waals surface area (Å²) in [7, 11) is 0. The van der Waals surface area contributed by atoms with E-state index in [0.717, 1.165) is 0 Å². The second-order valence-corrected chi connectivity index (χ2v) is 5.67. The van der Waals surface area contributed by atoms with Gasteiger partial charge in [-0.05, 0) is 19.9 Å². The van der Waals surface area contributed by atoms with Crippen molar-refractivity contribution in [2.24, 2.45) is 0 Å². The van der Waals surface area contributed by atoms with Crippen LogP contribution in [0.5, 0.6) is 5.75 Å². The minimum atomic E-state index is -0.706. The lowest BCUT2D eigenvalue weighted by atomic mass is 9.92. The minimum Gasteiger partial charge on any atom is -0.486 e. The number of halogens is 3. The van der Waals surface area contributed by atoms with Crippen LogP contribution in [0.1, 0.15) is 31.9 Å². The van der Waals surface area contributed by atoms with Crippen LogP contribution in [0, 0.1) is 0 Å². The van der Waals surface area contributed by atoms with Crippen molar-refractivity contribution in [3.63, 3.8) is 0 Å². The summed E-state index contributed by atoms with van der Waals surface area (Å²) in [6, 6.07) is 1.53. The van der Waals surface area contributed by atoms with Crippen LogP contribution >= 0.6 is 34.8 Å². The van der Waals surface area contributed by atoms with Gasteiger partial charge in [0.2, 0.25) is 0 Å². The number of fused-ring (bicyclic) bond motifs is 1. The number of aliphatic hydroxyl groups excluding tert-OH is 1. The average Bonchev–Trinajstić information content (AvgIpc) is 2.12. The van der Waals surface area contributed by atoms with E-state index in [1.54, 1.807) is 0 Å². The molecule has 1 N–H and O–H groups in total. The number of benzene rings is 1. The molecule has 0 aromatic heterocycles. The molecule has 1 aliphatic heterocycles. The summed E-state index contributed by atoms with van der Waals surface area (Å²) < 4.78 is 5.72. The molecule has 0 saturated heterocycles. The predicted octanol–water partition coefficient (Wildman–Crippen LogP) is 4.24. The molecule has 0 bridgehead atoms. The van der Waals surface area contributed by atoms with E-state index >= 15 is 0 Å². The molecule has 16 heavy (non-hydrogen) atoms. The van der Waals surface area contributed by atoms with Crippen molar-refractivity contribution in [1.82, 2.24) is 0 Å². The van der Waals surface area contributed by atoms with Gasteiger partial charge in [-0.1, -0.05) is 34.8 Å². The van der Waals surface area contributed by atoms with Crippen LogP contribution in [0.4, 0.5) is 0 Å². The van der Waals surface area contributed by atoms with E-state index in [0.29, 0.717) is 32.8 Å². The summed E-state index contributed by atoms with van der Waals surface area (Å²) in [5.74, 6) is 0.430. The van der Waals surface area contributed by atoms with Gasteiger partial charge in [-0.15, -0.1) is 0 Å². The lowest BCUT2D eigenvalue weighted by Gasteiger charge is -2.36. The first-order chi connectivity index (χ1) is 7.32. The van der Waals surface area contributed by atoms with Gasteiger partial charge in [-0.3, -0.25) is 0 Å². The zero-order valence-electron chi connectivity index (χ0n) is 8.85. The van der Waals surface area contributed by atoms with Crippen molar-refractivity contribution >= 4 is 34.8 Å². The fraction of sp³-hybridized carbons (Fsp3) is 0.455. The van der Waals surface area contributed by atoms with Crippen molar-refractivity contribution in [1.29, 1.82) is 0 Å². The fourth-order valence-electron chi connectivity index (χ4n) is 1.88. The van der Waals surface area contributed by atoms with Crippen molar-refractivity contribution in [3.05, 3.63) is 26.7 Å². The Labute approximate surface area is 109 Å². The van der Waals surface area contributed by atoms with Gasteiger partial charge < -0.3 is 9.84 Å². The first kappa shape index (κ1) is 12.3. The van der Waals surface area contributed by atoms with Crippen LogP contribution < -0.4 is 4.74 Å². The van der Waals surface area contributed by atoms with E-state index in [-0.39, 0.29) is 0 Å². The third kappa shape index (κ3) is 2.00. The van der Waals surface area contributed by atoms with Gasteiger partial charge in [0.1, 0.15) is 11.4 Å². The zero-order valence-corrected chi connectivity index (χ0v) is 11.1. The van der Waals surface area contributed by atoms with E-state index in [1.165, 1.54) is 6.07 Å². The van der Waals surface area contributed by atoms with Gasteiger partial charge in [-0.25, -0.2) is 0 Å². The van der Waals surface area contributed by atoms with Crippen molar-refractivity contribution in [3.8, 4) is 5.75 Å². The van der Waals surface area contributed by atoms with E-state index in [4.69, 9.17) is 39.5 Å². The van der Waals surface area contributed by atoms with Gasteiger partial charge in [0.15, 0.2) is 0 Å². The Hall–Kier alpha value is -0.150. The number of hydrogen-bond donors (Lipinski definition) is 1. The molecule has 1 unspecified atom stereocenters. The Bertz CT molecular complexity index is 443. The zero-order chi connectivity index (χ0) is 12.1. The quantitative estimate of drug-likeness (QED) is 0.721. The van der Waals surface area contributed by atoms with Crippen LogP contribution in [0.3, 0.4) is 0 Å². The molecule has 0 spiro atoms. The lowest BCUT2D eigenvalue weighted by molar-refractivity contribution is 0.0117. The SMILES string of the molecule is CC1(C)CC(O)c2c(Cl)c(Cl)cc(Cl)c2O1. The van der Waals surface area contributed by atoms with Crippen molar-refractivity contribution in [2.75, 3.05) is 0 Å². The summed E-state index contributed by atoms with van der Waals surface area (Å²) in [5, 5.41) is 11.1. The van der Waals surface area contributed by atoms with Gasteiger partial charge in [0.05, 0.1) is 21.2 Å². The number of rotatable bonds is 0. The topological polar surface area (TPSA) is 29.5 Å². The third-order valence-corrected chi connectivity index (χ3v) is 3.64. The lowest BCUT2D eigenvalue weighted by Crippen LogP contribution is -2.35. The molecule has 88 valence electrons. The van der Waals surface area contributed by atoms with Crippen LogP contribution in [0.25, 0.3) is 0 Å². The molecule has 1 aliphatic rings. The second-order valence-electron chi connectivity index (χ2n) is 4.48. The normalized spacial score (nSPS) is 22.5. The van der Waals surface area contributed by atoms with E-state index in [2.05, 4.69) is 0 Å². The molecule has 0 amide bonds. The Morgan fingerprint density at radius 2 is 1.94 bits per heavy atom. The minimum absolute atomic E-state index is 0.309. The highest BCUT2D eigenvalue weighted by Gasteiger charge is 2.36. The van der Waals surface area contributed by atoms with Crippen LogP contribution in [-0.2, 0) is 0 Å². The summed E-state index contributed by atoms with van der Waals surface area (Å²) in [6.45, 7) is 3.77. The standard InChI is InChI=1S/C11H11Cl3O2/c1-11(2)4-7(15)8-9(14)5(12)3-6(13)10(8)16-11/h3,7,15H,4H2,1-2H3. The molecule has 0 radical (unpaired) electrons. The maximum absolute atomic E-state index is 10.0. The van der Waals surface area contributed by atoms with E-state index in [9.17, 15) is 5.11 Å². The first-order valence-electron chi connectivity index (χ1n) is 4.86. The first-order valence-corrected chi connectivity index (χ1v) is 6.00. The van der Waals surface area contributed by atoms with Crippen LogP contribution in [0.15, 0.2) is 6.07 Å². The van der Waals surface area contributed by atoms with E-state index < -0.39 is 11.7 Å². The molecule has 1 atom stereocenters. The highest BCUT2D eigenvalue weighted by molar-refractivity contribution is 6.44. The highest BCUT2D eigenvalue weighted by Crippen LogP contribution is 2.48. The maximum atomic E-state index is 10.0. The Balaban J connectivity index is 2.64. The second kappa shape index (κ2) is 3.95. The van der Waals surface area contributed by atoms with Gasteiger partial charge in [0, 0.05) is 12.0 Å². The average molecular weight is 282 g/mol. The maximum Gasteiger partial charge on any atom is 0.146 e. The molecular weight excluding hydrogens is 270 g/mol. The molecule has 0 saturated carbocycles. The Morgan fingerprint density at radius 3 is 2.56 bits per heavy atom. The summed E-state index contributed by atoms with van der Waals surface area (Å²) in [6.07, 6.45) is -0.251. The number of ether oxygens (including phenoxy) is 1. The predicted molar refractivity (Wildman–Crippen MR) is 65.8 cm³/mol. The molecule has 5 heteroatoms. The highest BCUT2D eigenvalue weighted by atomic mass is 35.5. The smallest absolute Gasteiger partial charge is 0.146 e. The molecule has 2 rings (SSSR count). The summed E-state index contributed by atoms with van der Waals surface area (Å²) in [4.78, 5) is 0. The Kier molecular flexibility index (Phi) is 3.04. The van der Waals surface area contributed by atoms with Gasteiger partial charge >= 0.3 is 0 Å². The molecule has 1 aromatic carbocycles. The van der Waals surface area contributed by atoms with Gasteiger partial charge in [0.25, 0.3) is 0 Å². The molecular formula is C11H11Cl3O2. The third-order valence-electron chi connectivity index (χ3n) is 2.56. The Morgan fingerprint density at radius 1 is 1.31 bits per heavy atom. The summed E-state index contributed by atoms with van der Waals surface area (Å²) >= 11 is 18.0. The molecule has 0 fully saturated rings.